The standard InChI is InChI=1S/C13H12N4O3/c1-3-10-16-13(20-17-10)11-12(18)15-8-5-4-7(19-2)6-9(8)14-11/h4-6H,3H2,1-2H3,(H,15,18). The molecule has 0 aliphatic heterocycles. The third kappa shape index (κ3) is 2.03. The van der Waals surface area contributed by atoms with E-state index in [9.17, 15) is 4.79 Å². The van der Waals surface area contributed by atoms with Gasteiger partial charge in [0.2, 0.25) is 0 Å². The highest BCUT2D eigenvalue weighted by molar-refractivity contribution is 5.77. The van der Waals surface area contributed by atoms with Crippen molar-refractivity contribution in [3.63, 3.8) is 0 Å². The first-order valence-corrected chi connectivity index (χ1v) is 6.12. The normalized spacial score (nSPS) is 10.9. The van der Waals surface area contributed by atoms with E-state index in [1.807, 2.05) is 6.92 Å². The molecule has 20 heavy (non-hydrogen) atoms. The van der Waals surface area contributed by atoms with Gasteiger partial charge < -0.3 is 14.2 Å². The van der Waals surface area contributed by atoms with Gasteiger partial charge in [-0.2, -0.15) is 4.98 Å². The summed E-state index contributed by atoms with van der Waals surface area (Å²) in [6.07, 6.45) is 0.628. The van der Waals surface area contributed by atoms with E-state index in [2.05, 4.69) is 20.1 Å². The van der Waals surface area contributed by atoms with Gasteiger partial charge in [0.25, 0.3) is 11.4 Å². The second-order valence-electron chi connectivity index (χ2n) is 4.17. The number of methoxy groups -OCH3 is 1. The molecule has 0 radical (unpaired) electrons. The van der Waals surface area contributed by atoms with Gasteiger partial charge in [-0.05, 0) is 12.1 Å². The maximum absolute atomic E-state index is 12.0. The topological polar surface area (TPSA) is 93.9 Å². The second kappa shape index (κ2) is 4.76. The van der Waals surface area contributed by atoms with E-state index >= 15 is 0 Å². The van der Waals surface area contributed by atoms with E-state index in [1.165, 1.54) is 0 Å². The lowest BCUT2D eigenvalue weighted by atomic mass is 10.2. The van der Waals surface area contributed by atoms with E-state index < -0.39 is 0 Å². The minimum atomic E-state index is -0.367. The Morgan fingerprint density at radius 1 is 1.35 bits per heavy atom. The third-order valence-electron chi connectivity index (χ3n) is 2.89. The first kappa shape index (κ1) is 12.3. The first-order valence-electron chi connectivity index (χ1n) is 6.12. The molecule has 1 aromatic carbocycles. The van der Waals surface area contributed by atoms with Gasteiger partial charge in [-0.25, -0.2) is 4.98 Å². The van der Waals surface area contributed by atoms with Crippen LogP contribution in [0.25, 0.3) is 22.6 Å². The molecule has 7 nitrogen and oxygen atoms in total. The molecule has 7 heteroatoms. The molecule has 102 valence electrons. The van der Waals surface area contributed by atoms with E-state index in [4.69, 9.17) is 9.26 Å². The lowest BCUT2D eigenvalue weighted by molar-refractivity contribution is 0.415. The molecular weight excluding hydrogens is 260 g/mol. The number of H-pyrrole nitrogens is 1. The number of rotatable bonds is 3. The fourth-order valence-electron chi connectivity index (χ4n) is 1.83. The molecule has 2 heterocycles. The lowest BCUT2D eigenvalue weighted by Gasteiger charge is -2.02. The first-order chi connectivity index (χ1) is 9.71. The van der Waals surface area contributed by atoms with Crippen molar-refractivity contribution in [1.29, 1.82) is 0 Å². The van der Waals surface area contributed by atoms with E-state index in [1.54, 1.807) is 25.3 Å². The van der Waals surface area contributed by atoms with Crippen molar-refractivity contribution < 1.29 is 9.26 Å². The number of benzene rings is 1. The van der Waals surface area contributed by atoms with Gasteiger partial charge >= 0.3 is 0 Å². The van der Waals surface area contributed by atoms with Crippen LogP contribution >= 0.6 is 0 Å². The summed E-state index contributed by atoms with van der Waals surface area (Å²) < 4.78 is 10.2. The van der Waals surface area contributed by atoms with Gasteiger partial charge in [0.15, 0.2) is 11.5 Å². The Labute approximate surface area is 113 Å². The molecule has 0 saturated carbocycles. The molecule has 0 amide bonds. The van der Waals surface area contributed by atoms with Crippen LogP contribution in [0.1, 0.15) is 12.7 Å². The Kier molecular flexibility index (Phi) is 2.94. The van der Waals surface area contributed by atoms with Crippen LogP contribution in [0, 0.1) is 0 Å². The highest BCUT2D eigenvalue weighted by atomic mass is 16.5. The van der Waals surface area contributed by atoms with Gasteiger partial charge in [0.05, 0.1) is 18.1 Å². The van der Waals surface area contributed by atoms with E-state index in [0.29, 0.717) is 29.0 Å². The van der Waals surface area contributed by atoms with E-state index in [0.717, 1.165) is 0 Å². The van der Waals surface area contributed by atoms with Crippen LogP contribution in [0.4, 0.5) is 0 Å². The number of hydrogen-bond donors (Lipinski definition) is 1. The Bertz CT molecular complexity index is 822. The highest BCUT2D eigenvalue weighted by Crippen LogP contribution is 2.19. The molecule has 0 bridgehead atoms. The molecular formula is C13H12N4O3. The van der Waals surface area contributed by atoms with Crippen LogP contribution in [-0.4, -0.2) is 27.2 Å². The molecule has 0 fully saturated rings. The maximum Gasteiger partial charge on any atom is 0.282 e. The van der Waals surface area contributed by atoms with Gasteiger partial charge in [0.1, 0.15) is 5.75 Å². The Hall–Kier alpha value is -2.70. The zero-order valence-electron chi connectivity index (χ0n) is 11.0. The molecule has 0 aliphatic rings. The maximum atomic E-state index is 12.0. The summed E-state index contributed by atoms with van der Waals surface area (Å²) in [5.74, 6) is 1.31. The summed E-state index contributed by atoms with van der Waals surface area (Å²) in [5.41, 5.74) is 0.955. The van der Waals surface area contributed by atoms with Crippen molar-refractivity contribution in [3.8, 4) is 17.3 Å². The van der Waals surface area contributed by atoms with E-state index in [-0.39, 0.29) is 17.1 Å². The average Bonchev–Trinajstić information content (AvgIpc) is 2.94. The second-order valence-corrected chi connectivity index (χ2v) is 4.17. The van der Waals surface area contributed by atoms with Crippen LogP contribution in [0.5, 0.6) is 5.75 Å². The van der Waals surface area contributed by atoms with Crippen LogP contribution in [-0.2, 0) is 6.42 Å². The molecule has 0 saturated heterocycles. The molecule has 1 N–H and O–H groups in total. The summed E-state index contributed by atoms with van der Waals surface area (Å²) in [6, 6.07) is 5.21. The van der Waals surface area contributed by atoms with Crippen LogP contribution in [0.3, 0.4) is 0 Å². The van der Waals surface area contributed by atoms with Crippen molar-refractivity contribution in [2.45, 2.75) is 13.3 Å². The minimum absolute atomic E-state index is 0.109. The zero-order chi connectivity index (χ0) is 14.1. The quantitative estimate of drug-likeness (QED) is 0.777. The number of fused-ring (bicyclic) bond motifs is 1. The largest absolute Gasteiger partial charge is 0.497 e. The molecule has 0 unspecified atom stereocenters. The molecule has 2 aromatic heterocycles. The van der Waals surface area contributed by atoms with Crippen LogP contribution in [0.15, 0.2) is 27.5 Å². The van der Waals surface area contributed by atoms with Crippen LogP contribution < -0.4 is 10.3 Å². The Balaban J connectivity index is 2.19. The van der Waals surface area contributed by atoms with Crippen LogP contribution in [0.2, 0.25) is 0 Å². The van der Waals surface area contributed by atoms with Crippen molar-refractivity contribution >= 4 is 11.0 Å². The predicted octanol–water partition coefficient (Wildman–Crippen LogP) is 1.54. The number of ether oxygens (including phenoxy) is 1. The minimum Gasteiger partial charge on any atom is -0.497 e. The summed E-state index contributed by atoms with van der Waals surface area (Å²) in [7, 11) is 1.57. The number of aromatic nitrogens is 4. The molecule has 3 aromatic rings. The highest BCUT2D eigenvalue weighted by Gasteiger charge is 2.14. The Morgan fingerprint density at radius 2 is 2.20 bits per heavy atom. The number of aryl methyl sites for hydroxylation is 1. The van der Waals surface area contributed by atoms with Crippen molar-refractivity contribution in [2.24, 2.45) is 0 Å². The number of nitrogens with zero attached hydrogens (tertiary/aromatic N) is 3. The van der Waals surface area contributed by atoms with Gasteiger partial charge in [-0.15, -0.1) is 0 Å². The van der Waals surface area contributed by atoms with Gasteiger partial charge in [-0.1, -0.05) is 12.1 Å². The molecule has 0 atom stereocenters. The molecule has 0 spiro atoms. The van der Waals surface area contributed by atoms with Gasteiger partial charge in [-0.3, -0.25) is 4.79 Å². The van der Waals surface area contributed by atoms with Crippen molar-refractivity contribution in [3.05, 3.63) is 34.4 Å². The SMILES string of the molecule is CCc1noc(-c2nc3cc(OC)ccc3[nH]c2=O)n1. The van der Waals surface area contributed by atoms with Crippen molar-refractivity contribution in [2.75, 3.05) is 7.11 Å². The zero-order valence-corrected chi connectivity index (χ0v) is 11.0. The number of aromatic amines is 1. The number of nitrogens with one attached hydrogen (secondary N) is 1. The lowest BCUT2D eigenvalue weighted by Crippen LogP contribution is -2.11. The Morgan fingerprint density at radius 3 is 2.90 bits per heavy atom. The summed E-state index contributed by atoms with van der Waals surface area (Å²) in [5, 5.41) is 3.76. The average molecular weight is 272 g/mol. The fourth-order valence-corrected chi connectivity index (χ4v) is 1.83. The monoisotopic (exact) mass is 272 g/mol. The molecule has 3 rings (SSSR count). The predicted molar refractivity (Wildman–Crippen MR) is 71.6 cm³/mol. The third-order valence-corrected chi connectivity index (χ3v) is 2.89. The summed E-state index contributed by atoms with van der Waals surface area (Å²) >= 11 is 0. The number of hydrogen-bond acceptors (Lipinski definition) is 6. The fraction of sp³-hybridized carbons (Fsp3) is 0.231. The summed E-state index contributed by atoms with van der Waals surface area (Å²) in [4.78, 5) is 23.1. The molecule has 0 aliphatic carbocycles. The smallest absolute Gasteiger partial charge is 0.282 e. The van der Waals surface area contributed by atoms with Crippen molar-refractivity contribution in [1.82, 2.24) is 20.1 Å². The van der Waals surface area contributed by atoms with Gasteiger partial charge in [0, 0.05) is 12.5 Å². The summed E-state index contributed by atoms with van der Waals surface area (Å²) in [6.45, 7) is 1.90.